The molecule has 126 valence electrons. The summed E-state index contributed by atoms with van der Waals surface area (Å²) in [4.78, 5) is 22.5. The van der Waals surface area contributed by atoms with Crippen molar-refractivity contribution in [1.82, 2.24) is 14.8 Å². The van der Waals surface area contributed by atoms with Gasteiger partial charge in [0, 0.05) is 29.7 Å². The number of benzene rings is 1. The molecule has 1 amide bonds. The number of carbonyl (C=O) groups excluding carboxylic acids is 1. The van der Waals surface area contributed by atoms with Gasteiger partial charge in [-0.25, -0.2) is 0 Å². The lowest BCUT2D eigenvalue weighted by atomic mass is 10.0. The van der Waals surface area contributed by atoms with E-state index in [1.165, 1.54) is 12.8 Å². The van der Waals surface area contributed by atoms with Crippen LogP contribution in [0.25, 0.3) is 10.9 Å². The first kappa shape index (κ1) is 15.6. The van der Waals surface area contributed by atoms with Crippen LogP contribution in [-0.4, -0.2) is 52.9 Å². The van der Waals surface area contributed by atoms with Gasteiger partial charge >= 0.3 is 0 Å². The van der Waals surface area contributed by atoms with Crippen LogP contribution in [0.5, 0.6) is 0 Å². The molecule has 4 heteroatoms. The summed E-state index contributed by atoms with van der Waals surface area (Å²) in [6.45, 7) is 4.00. The number of pyridine rings is 1. The predicted molar refractivity (Wildman–Crippen MR) is 96.2 cm³/mol. The Labute approximate surface area is 143 Å². The van der Waals surface area contributed by atoms with E-state index in [0.717, 1.165) is 48.1 Å². The molecule has 0 unspecified atom stereocenters. The number of para-hydroxylation sites is 1. The average molecular weight is 323 g/mol. The quantitative estimate of drug-likeness (QED) is 0.851. The van der Waals surface area contributed by atoms with Crippen LogP contribution < -0.4 is 0 Å². The number of carbonyl (C=O) groups is 1. The SMILES string of the molecule is Cc1cc(C(=O)N2CCC[C@@H]2[C@@H]2CCCN2C)c2ccccc2n1. The molecule has 4 rings (SSSR count). The maximum absolute atomic E-state index is 13.4. The van der Waals surface area contributed by atoms with Crippen molar-refractivity contribution in [2.45, 2.75) is 44.7 Å². The molecule has 4 nitrogen and oxygen atoms in total. The number of fused-ring (bicyclic) bond motifs is 1. The van der Waals surface area contributed by atoms with E-state index < -0.39 is 0 Å². The number of nitrogens with zero attached hydrogens (tertiary/aromatic N) is 3. The van der Waals surface area contributed by atoms with Crippen LogP contribution in [0.3, 0.4) is 0 Å². The highest BCUT2D eigenvalue weighted by Gasteiger charge is 2.38. The third-order valence-corrected chi connectivity index (χ3v) is 5.66. The summed E-state index contributed by atoms with van der Waals surface area (Å²) >= 11 is 0. The Morgan fingerprint density at radius 1 is 1.12 bits per heavy atom. The molecule has 1 aromatic carbocycles. The maximum atomic E-state index is 13.4. The molecular weight excluding hydrogens is 298 g/mol. The second-order valence-corrected chi connectivity index (χ2v) is 7.23. The summed E-state index contributed by atoms with van der Waals surface area (Å²) in [6.07, 6.45) is 4.70. The molecule has 2 fully saturated rings. The first-order chi connectivity index (χ1) is 11.6. The fraction of sp³-hybridized carbons (Fsp3) is 0.500. The monoisotopic (exact) mass is 323 g/mol. The molecule has 0 saturated carbocycles. The van der Waals surface area contributed by atoms with E-state index in [-0.39, 0.29) is 5.91 Å². The minimum atomic E-state index is 0.180. The zero-order valence-corrected chi connectivity index (χ0v) is 14.5. The molecule has 2 aromatic rings. The van der Waals surface area contributed by atoms with Gasteiger partial charge in [-0.05, 0) is 58.3 Å². The highest BCUT2D eigenvalue weighted by molar-refractivity contribution is 6.06. The van der Waals surface area contributed by atoms with Crippen LogP contribution in [0.2, 0.25) is 0 Å². The fourth-order valence-electron chi connectivity index (χ4n) is 4.51. The van der Waals surface area contributed by atoms with Gasteiger partial charge in [-0.15, -0.1) is 0 Å². The van der Waals surface area contributed by atoms with Crippen molar-refractivity contribution >= 4 is 16.8 Å². The standard InChI is InChI=1S/C20H25N3O/c1-14-13-16(15-7-3-4-8-17(15)21-14)20(24)23-12-6-10-19(23)18-9-5-11-22(18)2/h3-4,7-8,13,18-19H,5-6,9-12H2,1-2H3/t18-,19+/m0/s1. The van der Waals surface area contributed by atoms with Crippen LogP contribution >= 0.6 is 0 Å². The largest absolute Gasteiger partial charge is 0.334 e. The summed E-state index contributed by atoms with van der Waals surface area (Å²) in [7, 11) is 2.20. The molecular formula is C20H25N3O. The van der Waals surface area contributed by atoms with Crippen molar-refractivity contribution in [3.8, 4) is 0 Å². The number of amides is 1. The Hall–Kier alpha value is -1.94. The summed E-state index contributed by atoms with van der Waals surface area (Å²) in [5, 5.41) is 0.971. The summed E-state index contributed by atoms with van der Waals surface area (Å²) in [5.74, 6) is 0.180. The van der Waals surface area contributed by atoms with Crippen molar-refractivity contribution in [3.05, 3.63) is 41.6 Å². The van der Waals surface area contributed by atoms with Gasteiger partial charge in [-0.1, -0.05) is 18.2 Å². The second kappa shape index (κ2) is 6.17. The Morgan fingerprint density at radius 3 is 2.67 bits per heavy atom. The highest BCUT2D eigenvalue weighted by Crippen LogP contribution is 2.31. The van der Waals surface area contributed by atoms with Gasteiger partial charge < -0.3 is 9.80 Å². The molecule has 2 aliphatic rings. The van der Waals surface area contributed by atoms with Crippen molar-refractivity contribution in [1.29, 1.82) is 0 Å². The smallest absolute Gasteiger partial charge is 0.254 e. The minimum Gasteiger partial charge on any atom is -0.334 e. The van der Waals surface area contributed by atoms with Gasteiger partial charge in [-0.2, -0.15) is 0 Å². The summed E-state index contributed by atoms with van der Waals surface area (Å²) in [6, 6.07) is 10.8. The topological polar surface area (TPSA) is 36.4 Å². The van der Waals surface area contributed by atoms with Crippen LogP contribution in [-0.2, 0) is 0 Å². The summed E-state index contributed by atoms with van der Waals surface area (Å²) < 4.78 is 0. The average Bonchev–Trinajstić information content (AvgIpc) is 3.21. The molecule has 2 saturated heterocycles. The molecule has 2 atom stereocenters. The lowest BCUT2D eigenvalue weighted by molar-refractivity contribution is 0.0666. The molecule has 1 aromatic heterocycles. The lowest BCUT2D eigenvalue weighted by Crippen LogP contribution is -2.47. The normalized spacial score (nSPS) is 24.8. The summed E-state index contributed by atoms with van der Waals surface area (Å²) in [5.41, 5.74) is 2.63. The van der Waals surface area contributed by atoms with Crippen molar-refractivity contribution in [3.63, 3.8) is 0 Å². The van der Waals surface area contributed by atoms with Gasteiger partial charge in [0.1, 0.15) is 0 Å². The van der Waals surface area contributed by atoms with E-state index in [1.54, 1.807) is 0 Å². The molecule has 0 spiro atoms. The number of hydrogen-bond acceptors (Lipinski definition) is 3. The zero-order valence-electron chi connectivity index (χ0n) is 14.5. The highest BCUT2D eigenvalue weighted by atomic mass is 16.2. The van der Waals surface area contributed by atoms with E-state index in [0.29, 0.717) is 12.1 Å². The number of aromatic nitrogens is 1. The molecule has 0 aliphatic carbocycles. The Balaban J connectivity index is 1.70. The molecule has 24 heavy (non-hydrogen) atoms. The van der Waals surface area contributed by atoms with Crippen molar-refractivity contribution < 1.29 is 4.79 Å². The third-order valence-electron chi connectivity index (χ3n) is 5.66. The lowest BCUT2D eigenvalue weighted by Gasteiger charge is -2.33. The first-order valence-electron chi connectivity index (χ1n) is 9.03. The molecule has 0 N–H and O–H groups in total. The first-order valence-corrected chi connectivity index (χ1v) is 9.03. The predicted octanol–water partition coefficient (Wildman–Crippen LogP) is 3.24. The van der Waals surface area contributed by atoms with Crippen molar-refractivity contribution in [2.24, 2.45) is 0 Å². The van der Waals surface area contributed by atoms with Crippen LogP contribution in [0.4, 0.5) is 0 Å². The van der Waals surface area contributed by atoms with Gasteiger partial charge in [0.25, 0.3) is 5.91 Å². The molecule has 0 bridgehead atoms. The van der Waals surface area contributed by atoms with Crippen molar-refractivity contribution in [2.75, 3.05) is 20.1 Å². The van der Waals surface area contributed by atoms with Crippen LogP contribution in [0.15, 0.2) is 30.3 Å². The fourth-order valence-corrected chi connectivity index (χ4v) is 4.51. The number of aryl methyl sites for hydroxylation is 1. The Kier molecular flexibility index (Phi) is 4.01. The van der Waals surface area contributed by atoms with Crippen LogP contribution in [0.1, 0.15) is 41.7 Å². The number of likely N-dealkylation sites (tertiary alicyclic amines) is 2. The third kappa shape index (κ3) is 2.59. The number of likely N-dealkylation sites (N-methyl/N-ethyl adjacent to an activating group) is 1. The Morgan fingerprint density at radius 2 is 1.88 bits per heavy atom. The van der Waals surface area contributed by atoms with Crippen LogP contribution in [0, 0.1) is 6.92 Å². The van der Waals surface area contributed by atoms with E-state index in [1.807, 2.05) is 37.3 Å². The number of rotatable bonds is 2. The maximum Gasteiger partial charge on any atom is 0.254 e. The van der Waals surface area contributed by atoms with Gasteiger partial charge in [0.15, 0.2) is 0 Å². The minimum absolute atomic E-state index is 0.180. The zero-order chi connectivity index (χ0) is 16.7. The van der Waals surface area contributed by atoms with E-state index in [9.17, 15) is 4.79 Å². The van der Waals surface area contributed by atoms with Gasteiger partial charge in [0.2, 0.25) is 0 Å². The molecule has 0 radical (unpaired) electrons. The molecule has 2 aliphatic heterocycles. The second-order valence-electron chi connectivity index (χ2n) is 7.23. The van der Waals surface area contributed by atoms with E-state index >= 15 is 0 Å². The Bertz CT molecular complexity index is 773. The number of hydrogen-bond donors (Lipinski definition) is 0. The van der Waals surface area contributed by atoms with Gasteiger partial charge in [0.05, 0.1) is 11.1 Å². The van der Waals surface area contributed by atoms with E-state index in [2.05, 4.69) is 21.8 Å². The van der Waals surface area contributed by atoms with Gasteiger partial charge in [-0.3, -0.25) is 9.78 Å². The molecule has 3 heterocycles. The van der Waals surface area contributed by atoms with E-state index in [4.69, 9.17) is 0 Å².